The van der Waals surface area contributed by atoms with Crippen molar-refractivity contribution in [3.63, 3.8) is 0 Å². The monoisotopic (exact) mass is 274 g/mol. The van der Waals surface area contributed by atoms with Crippen LogP contribution in [0.2, 0.25) is 0 Å². The van der Waals surface area contributed by atoms with Crippen molar-refractivity contribution in [1.82, 2.24) is 20.1 Å². The van der Waals surface area contributed by atoms with Gasteiger partial charge in [0.1, 0.15) is 18.2 Å². The van der Waals surface area contributed by atoms with Crippen LogP contribution in [0.5, 0.6) is 5.75 Å². The predicted octanol–water partition coefficient (Wildman–Crippen LogP) is 2.20. The van der Waals surface area contributed by atoms with Gasteiger partial charge in [-0.3, -0.25) is 0 Å². The van der Waals surface area contributed by atoms with Gasteiger partial charge in [-0.15, -0.1) is 10.2 Å². The molecule has 0 aliphatic rings. The molecule has 0 saturated carbocycles. The van der Waals surface area contributed by atoms with Gasteiger partial charge in [-0.05, 0) is 13.0 Å². The molecule has 1 aromatic heterocycles. The highest BCUT2D eigenvalue weighted by Crippen LogP contribution is 2.19. The Balaban J connectivity index is 2.03. The summed E-state index contributed by atoms with van der Waals surface area (Å²) >= 11 is 0. The average Bonchev–Trinajstić information content (AvgIpc) is 2.75. The fourth-order valence-corrected chi connectivity index (χ4v) is 1.82. The van der Waals surface area contributed by atoms with Crippen LogP contribution in [0.1, 0.15) is 31.1 Å². The van der Waals surface area contributed by atoms with E-state index in [1.165, 1.54) is 0 Å². The zero-order chi connectivity index (χ0) is 14.5. The molecule has 5 heteroatoms. The number of benzene rings is 1. The van der Waals surface area contributed by atoms with Gasteiger partial charge in [-0.1, -0.05) is 32.0 Å². The van der Waals surface area contributed by atoms with Gasteiger partial charge < -0.3 is 14.6 Å². The molecular weight excluding hydrogens is 252 g/mol. The minimum absolute atomic E-state index is 0.427. The van der Waals surface area contributed by atoms with E-state index < -0.39 is 0 Å². The van der Waals surface area contributed by atoms with Crippen LogP contribution in [0.25, 0.3) is 0 Å². The van der Waals surface area contributed by atoms with E-state index in [9.17, 15) is 0 Å². The largest absolute Gasteiger partial charge is 0.485 e. The van der Waals surface area contributed by atoms with Crippen LogP contribution in [-0.4, -0.2) is 20.8 Å². The summed E-state index contributed by atoms with van der Waals surface area (Å²) in [5.74, 6) is 2.61. The predicted molar refractivity (Wildman–Crippen MR) is 78.5 cm³/mol. The van der Waals surface area contributed by atoms with Gasteiger partial charge in [0.05, 0.1) is 0 Å². The Morgan fingerprint density at radius 1 is 1.25 bits per heavy atom. The maximum Gasteiger partial charge on any atom is 0.170 e. The molecule has 108 valence electrons. The molecule has 20 heavy (non-hydrogen) atoms. The Kier molecular flexibility index (Phi) is 4.74. The Hall–Kier alpha value is -1.88. The van der Waals surface area contributed by atoms with E-state index in [0.717, 1.165) is 29.5 Å². The fourth-order valence-electron chi connectivity index (χ4n) is 1.82. The molecule has 0 aliphatic heterocycles. The second-order valence-corrected chi connectivity index (χ2v) is 5.15. The smallest absolute Gasteiger partial charge is 0.170 e. The number of aryl methyl sites for hydroxylation is 1. The summed E-state index contributed by atoms with van der Waals surface area (Å²) in [6, 6.07) is 8.52. The van der Waals surface area contributed by atoms with Crippen LogP contribution in [-0.2, 0) is 20.2 Å². The normalized spacial score (nSPS) is 11.1. The third kappa shape index (κ3) is 3.57. The van der Waals surface area contributed by atoms with Crippen LogP contribution in [0.4, 0.5) is 0 Å². The van der Waals surface area contributed by atoms with E-state index >= 15 is 0 Å². The molecule has 1 heterocycles. The van der Waals surface area contributed by atoms with Gasteiger partial charge in [-0.2, -0.15) is 0 Å². The molecule has 0 saturated heterocycles. The zero-order valence-corrected chi connectivity index (χ0v) is 12.6. The zero-order valence-electron chi connectivity index (χ0n) is 12.6. The van der Waals surface area contributed by atoms with Crippen molar-refractivity contribution in [2.75, 3.05) is 0 Å². The molecule has 0 aliphatic carbocycles. The summed E-state index contributed by atoms with van der Waals surface area (Å²) in [5.41, 5.74) is 1.15. The first-order valence-corrected chi connectivity index (χ1v) is 6.87. The maximum atomic E-state index is 5.89. The van der Waals surface area contributed by atoms with E-state index in [4.69, 9.17) is 4.74 Å². The Labute approximate surface area is 120 Å². The standard InChI is InChI=1S/C15H22N4O/c1-11(2)16-9-13-7-5-6-8-14(13)20-10-15-18-17-12(3)19(15)4/h5-8,11,16H,9-10H2,1-4H3. The molecule has 0 atom stereocenters. The van der Waals surface area contributed by atoms with Crippen LogP contribution in [0, 0.1) is 6.92 Å². The maximum absolute atomic E-state index is 5.89. The topological polar surface area (TPSA) is 52.0 Å². The highest BCUT2D eigenvalue weighted by molar-refractivity contribution is 5.33. The lowest BCUT2D eigenvalue weighted by Gasteiger charge is -2.13. The van der Waals surface area contributed by atoms with Gasteiger partial charge >= 0.3 is 0 Å². The molecule has 0 bridgehead atoms. The number of nitrogens with zero attached hydrogens (tertiary/aromatic N) is 3. The molecule has 1 aromatic carbocycles. The molecule has 5 nitrogen and oxygen atoms in total. The molecule has 0 amide bonds. The van der Waals surface area contributed by atoms with E-state index in [-0.39, 0.29) is 0 Å². The summed E-state index contributed by atoms with van der Waals surface area (Å²) in [4.78, 5) is 0. The lowest BCUT2D eigenvalue weighted by atomic mass is 10.2. The number of ether oxygens (including phenoxy) is 1. The van der Waals surface area contributed by atoms with Crippen molar-refractivity contribution in [2.24, 2.45) is 7.05 Å². The van der Waals surface area contributed by atoms with E-state index in [1.807, 2.05) is 36.7 Å². The quantitative estimate of drug-likeness (QED) is 0.877. The van der Waals surface area contributed by atoms with Crippen LogP contribution in [0.3, 0.4) is 0 Å². The van der Waals surface area contributed by atoms with Crippen molar-refractivity contribution in [2.45, 2.75) is 40.0 Å². The molecule has 0 fully saturated rings. The molecule has 0 spiro atoms. The molecule has 0 unspecified atom stereocenters. The molecule has 2 aromatic rings. The van der Waals surface area contributed by atoms with E-state index in [1.54, 1.807) is 0 Å². The lowest BCUT2D eigenvalue weighted by Crippen LogP contribution is -2.22. The SMILES string of the molecule is Cc1nnc(COc2ccccc2CNC(C)C)n1C. The van der Waals surface area contributed by atoms with Crippen molar-refractivity contribution >= 4 is 0 Å². The Bertz CT molecular complexity index is 563. The first-order chi connectivity index (χ1) is 9.58. The molecule has 0 radical (unpaired) electrons. The number of nitrogens with one attached hydrogen (secondary N) is 1. The van der Waals surface area contributed by atoms with Crippen molar-refractivity contribution in [3.05, 3.63) is 41.5 Å². The first-order valence-electron chi connectivity index (χ1n) is 6.87. The van der Waals surface area contributed by atoms with Gasteiger partial charge in [0.25, 0.3) is 0 Å². The second-order valence-electron chi connectivity index (χ2n) is 5.15. The van der Waals surface area contributed by atoms with Gasteiger partial charge in [0.2, 0.25) is 0 Å². The summed E-state index contributed by atoms with van der Waals surface area (Å²) in [5, 5.41) is 11.5. The fraction of sp³-hybridized carbons (Fsp3) is 0.467. The third-order valence-electron chi connectivity index (χ3n) is 3.21. The van der Waals surface area contributed by atoms with E-state index in [2.05, 4.69) is 35.4 Å². The van der Waals surface area contributed by atoms with Gasteiger partial charge in [0, 0.05) is 25.2 Å². The minimum Gasteiger partial charge on any atom is -0.485 e. The average molecular weight is 274 g/mol. The minimum atomic E-state index is 0.427. The van der Waals surface area contributed by atoms with Gasteiger partial charge in [-0.25, -0.2) is 0 Å². The number of hydrogen-bond donors (Lipinski definition) is 1. The number of aromatic nitrogens is 3. The highest BCUT2D eigenvalue weighted by Gasteiger charge is 2.08. The van der Waals surface area contributed by atoms with Crippen LogP contribution < -0.4 is 10.1 Å². The Morgan fingerprint density at radius 2 is 2.00 bits per heavy atom. The van der Waals surface area contributed by atoms with Crippen molar-refractivity contribution in [3.8, 4) is 5.75 Å². The van der Waals surface area contributed by atoms with Crippen LogP contribution in [0.15, 0.2) is 24.3 Å². The van der Waals surface area contributed by atoms with Crippen LogP contribution >= 0.6 is 0 Å². The Morgan fingerprint density at radius 3 is 2.65 bits per heavy atom. The third-order valence-corrected chi connectivity index (χ3v) is 3.21. The highest BCUT2D eigenvalue weighted by atomic mass is 16.5. The summed E-state index contributed by atoms with van der Waals surface area (Å²) in [7, 11) is 1.94. The second kappa shape index (κ2) is 6.52. The van der Waals surface area contributed by atoms with Gasteiger partial charge in [0.15, 0.2) is 5.82 Å². The van der Waals surface area contributed by atoms with Crippen molar-refractivity contribution < 1.29 is 4.74 Å². The lowest BCUT2D eigenvalue weighted by molar-refractivity contribution is 0.287. The summed E-state index contributed by atoms with van der Waals surface area (Å²) in [6.07, 6.45) is 0. The number of hydrogen-bond acceptors (Lipinski definition) is 4. The number of rotatable bonds is 6. The molecule has 1 N–H and O–H groups in total. The molecular formula is C15H22N4O. The summed E-state index contributed by atoms with van der Waals surface area (Å²) < 4.78 is 7.83. The summed E-state index contributed by atoms with van der Waals surface area (Å²) in [6.45, 7) is 7.41. The molecule has 2 rings (SSSR count). The number of para-hydroxylation sites is 1. The van der Waals surface area contributed by atoms with Crippen molar-refractivity contribution in [1.29, 1.82) is 0 Å². The van der Waals surface area contributed by atoms with E-state index in [0.29, 0.717) is 12.6 Å². The first kappa shape index (κ1) is 14.5.